The van der Waals surface area contributed by atoms with Crippen molar-refractivity contribution >= 4 is 18.1 Å². The molecule has 7 heteroatoms. The maximum Gasteiger partial charge on any atom is 0.343 e. The number of hydrogen-bond acceptors (Lipinski definition) is 6. The molecular formula is C25H24N2O5. The largest absolute Gasteiger partial charge is 0.507 e. The fraction of sp³-hybridized carbons (Fsp3) is 0.160. The summed E-state index contributed by atoms with van der Waals surface area (Å²) in [6.45, 7) is 2.74. The first kappa shape index (κ1) is 22.6. The maximum atomic E-state index is 12.3. The van der Waals surface area contributed by atoms with Gasteiger partial charge in [0.25, 0.3) is 5.91 Å². The summed E-state index contributed by atoms with van der Waals surface area (Å²) in [6, 6.07) is 19.7. The molecule has 0 spiro atoms. The maximum absolute atomic E-state index is 12.3. The molecule has 2 N–H and O–H groups in total. The molecule has 164 valence electrons. The molecule has 3 aromatic carbocycles. The van der Waals surface area contributed by atoms with Gasteiger partial charge in [-0.1, -0.05) is 25.5 Å². The van der Waals surface area contributed by atoms with E-state index in [0.717, 1.165) is 12.8 Å². The number of rotatable bonds is 9. The van der Waals surface area contributed by atoms with Crippen molar-refractivity contribution in [1.82, 2.24) is 5.43 Å². The number of nitrogens with one attached hydrogen (secondary N) is 1. The Hall–Kier alpha value is -4.13. The quantitative estimate of drug-likeness (QED) is 0.170. The number of aromatic hydroxyl groups is 1. The number of phenolic OH excluding ortho intramolecular Hbond substituents is 1. The van der Waals surface area contributed by atoms with Crippen LogP contribution in [-0.4, -0.2) is 29.8 Å². The lowest BCUT2D eigenvalue weighted by Gasteiger charge is -2.07. The number of carbonyl (C=O) groups excluding carboxylic acids is 2. The summed E-state index contributed by atoms with van der Waals surface area (Å²) in [6.07, 6.45) is 3.48. The number of amides is 1. The van der Waals surface area contributed by atoms with Crippen molar-refractivity contribution in [1.29, 1.82) is 0 Å². The Morgan fingerprint density at radius 3 is 2.34 bits per heavy atom. The lowest BCUT2D eigenvalue weighted by Crippen LogP contribution is -2.17. The van der Waals surface area contributed by atoms with E-state index in [1.165, 1.54) is 18.3 Å². The number of hydrogen-bond donors (Lipinski definition) is 2. The highest BCUT2D eigenvalue weighted by Gasteiger charge is 2.10. The number of ether oxygens (including phenoxy) is 2. The minimum atomic E-state index is -0.522. The Morgan fingerprint density at radius 2 is 1.66 bits per heavy atom. The molecule has 32 heavy (non-hydrogen) atoms. The van der Waals surface area contributed by atoms with Gasteiger partial charge in [-0.2, -0.15) is 5.10 Å². The number of benzene rings is 3. The van der Waals surface area contributed by atoms with Crippen molar-refractivity contribution < 1.29 is 24.2 Å². The first-order valence-corrected chi connectivity index (χ1v) is 10.2. The van der Waals surface area contributed by atoms with Gasteiger partial charge in [-0.25, -0.2) is 10.2 Å². The van der Waals surface area contributed by atoms with Crippen LogP contribution in [0.25, 0.3) is 0 Å². The second-order valence-corrected chi connectivity index (χ2v) is 6.90. The molecular weight excluding hydrogens is 408 g/mol. The number of hydrazone groups is 1. The minimum absolute atomic E-state index is 0.120. The van der Waals surface area contributed by atoms with E-state index in [-0.39, 0.29) is 11.3 Å². The average molecular weight is 432 g/mol. The Kier molecular flexibility index (Phi) is 7.97. The summed E-state index contributed by atoms with van der Waals surface area (Å²) < 4.78 is 11.0. The standard InChI is InChI=1S/C25H24N2O5/c1-2-3-16-31-20-14-10-19(11-15-20)25(30)32-21-12-8-18(9-13-21)17-26-27-24(29)22-6-4-5-7-23(22)28/h4-15,17,28H,2-3,16H2,1H3,(H,27,29). The number of nitrogens with zero attached hydrogens (tertiary/aromatic N) is 1. The highest BCUT2D eigenvalue weighted by atomic mass is 16.5. The number of unbranched alkanes of at least 4 members (excludes halogenated alkanes) is 1. The molecule has 0 unspecified atom stereocenters. The summed E-state index contributed by atoms with van der Waals surface area (Å²) in [7, 11) is 0. The molecule has 0 saturated carbocycles. The van der Waals surface area contributed by atoms with Gasteiger partial charge in [-0.15, -0.1) is 0 Å². The van der Waals surface area contributed by atoms with Crippen LogP contribution in [0.5, 0.6) is 17.2 Å². The van der Waals surface area contributed by atoms with Crippen molar-refractivity contribution in [2.75, 3.05) is 6.61 Å². The lowest BCUT2D eigenvalue weighted by atomic mass is 10.2. The Morgan fingerprint density at radius 1 is 0.969 bits per heavy atom. The van der Waals surface area contributed by atoms with Crippen molar-refractivity contribution in [3.05, 3.63) is 89.5 Å². The zero-order chi connectivity index (χ0) is 22.8. The SMILES string of the molecule is CCCCOc1ccc(C(=O)Oc2ccc(C=NNC(=O)c3ccccc3O)cc2)cc1. The van der Waals surface area contributed by atoms with Gasteiger partial charge in [0.05, 0.1) is 23.9 Å². The van der Waals surface area contributed by atoms with Gasteiger partial charge >= 0.3 is 5.97 Å². The van der Waals surface area contributed by atoms with Gasteiger partial charge in [0.1, 0.15) is 17.2 Å². The molecule has 0 aliphatic heterocycles. The van der Waals surface area contributed by atoms with E-state index in [4.69, 9.17) is 9.47 Å². The van der Waals surface area contributed by atoms with Crippen LogP contribution < -0.4 is 14.9 Å². The average Bonchev–Trinajstić information content (AvgIpc) is 2.81. The predicted molar refractivity (Wildman–Crippen MR) is 121 cm³/mol. The molecule has 0 saturated heterocycles. The van der Waals surface area contributed by atoms with Crippen LogP contribution in [-0.2, 0) is 0 Å². The molecule has 0 fully saturated rings. The van der Waals surface area contributed by atoms with E-state index in [2.05, 4.69) is 17.5 Å². The number of esters is 1. The van der Waals surface area contributed by atoms with Crippen molar-refractivity contribution in [3.8, 4) is 17.2 Å². The lowest BCUT2D eigenvalue weighted by molar-refractivity contribution is 0.0734. The predicted octanol–water partition coefficient (Wildman–Crippen LogP) is 4.55. The Balaban J connectivity index is 1.52. The third-order valence-electron chi connectivity index (χ3n) is 4.48. The minimum Gasteiger partial charge on any atom is -0.507 e. The van der Waals surface area contributed by atoms with E-state index >= 15 is 0 Å². The number of carbonyl (C=O) groups is 2. The molecule has 0 aliphatic rings. The van der Waals surface area contributed by atoms with Crippen molar-refractivity contribution in [2.24, 2.45) is 5.10 Å². The summed E-state index contributed by atoms with van der Waals surface area (Å²) in [5.74, 6) is -0.0139. The summed E-state index contributed by atoms with van der Waals surface area (Å²) in [4.78, 5) is 24.3. The van der Waals surface area contributed by atoms with Crippen LogP contribution in [0.1, 0.15) is 46.0 Å². The molecule has 7 nitrogen and oxygen atoms in total. The molecule has 3 rings (SSSR count). The number of para-hydroxylation sites is 1. The summed E-state index contributed by atoms with van der Waals surface area (Å²) >= 11 is 0. The van der Waals surface area contributed by atoms with Gasteiger partial charge in [-0.05, 0) is 72.6 Å². The van der Waals surface area contributed by atoms with E-state index in [0.29, 0.717) is 29.2 Å². The molecule has 0 atom stereocenters. The molecule has 0 aliphatic carbocycles. The third kappa shape index (κ3) is 6.43. The van der Waals surface area contributed by atoms with E-state index in [1.54, 1.807) is 60.7 Å². The highest BCUT2D eigenvalue weighted by molar-refractivity contribution is 5.97. The van der Waals surface area contributed by atoms with Gasteiger partial charge in [0.15, 0.2) is 0 Å². The molecule has 3 aromatic rings. The monoisotopic (exact) mass is 432 g/mol. The highest BCUT2D eigenvalue weighted by Crippen LogP contribution is 2.17. The first-order chi connectivity index (χ1) is 15.6. The Bertz CT molecular complexity index is 1080. The normalized spacial score (nSPS) is 10.7. The Labute approximate surface area is 186 Å². The molecule has 1 amide bonds. The first-order valence-electron chi connectivity index (χ1n) is 10.2. The van der Waals surface area contributed by atoms with Crippen LogP contribution >= 0.6 is 0 Å². The molecule has 0 bridgehead atoms. The zero-order valence-corrected chi connectivity index (χ0v) is 17.7. The van der Waals surface area contributed by atoms with Gasteiger partial charge < -0.3 is 14.6 Å². The molecule has 0 heterocycles. The van der Waals surface area contributed by atoms with E-state index < -0.39 is 11.9 Å². The van der Waals surface area contributed by atoms with Crippen LogP contribution in [0.4, 0.5) is 0 Å². The van der Waals surface area contributed by atoms with Gasteiger partial charge in [0, 0.05) is 0 Å². The van der Waals surface area contributed by atoms with Crippen LogP contribution in [0.2, 0.25) is 0 Å². The van der Waals surface area contributed by atoms with Crippen molar-refractivity contribution in [3.63, 3.8) is 0 Å². The van der Waals surface area contributed by atoms with Gasteiger partial charge in [-0.3, -0.25) is 4.79 Å². The number of phenols is 1. The zero-order valence-electron chi connectivity index (χ0n) is 17.7. The van der Waals surface area contributed by atoms with E-state index in [1.807, 2.05) is 0 Å². The van der Waals surface area contributed by atoms with Gasteiger partial charge in [0.2, 0.25) is 0 Å². The van der Waals surface area contributed by atoms with Crippen LogP contribution in [0.15, 0.2) is 77.9 Å². The fourth-order valence-electron chi connectivity index (χ4n) is 2.70. The van der Waals surface area contributed by atoms with Crippen LogP contribution in [0, 0.1) is 0 Å². The second-order valence-electron chi connectivity index (χ2n) is 6.90. The second kappa shape index (κ2) is 11.3. The third-order valence-corrected chi connectivity index (χ3v) is 4.48. The van der Waals surface area contributed by atoms with E-state index in [9.17, 15) is 14.7 Å². The summed E-state index contributed by atoms with van der Waals surface area (Å²) in [5.41, 5.74) is 3.60. The topological polar surface area (TPSA) is 97.2 Å². The van der Waals surface area contributed by atoms with Crippen LogP contribution in [0.3, 0.4) is 0 Å². The smallest absolute Gasteiger partial charge is 0.343 e. The van der Waals surface area contributed by atoms with Crippen molar-refractivity contribution in [2.45, 2.75) is 19.8 Å². The molecule has 0 aromatic heterocycles. The summed E-state index contributed by atoms with van der Waals surface area (Å²) in [5, 5.41) is 13.6. The molecule has 0 radical (unpaired) electrons. The fourth-order valence-corrected chi connectivity index (χ4v) is 2.70.